The fourth-order valence-corrected chi connectivity index (χ4v) is 2.97. The molecule has 0 aliphatic carbocycles. The number of nitrogens with one attached hydrogen (secondary N) is 2. The van der Waals surface area contributed by atoms with E-state index in [-0.39, 0.29) is 16.9 Å². The number of ether oxygens (including phenoxy) is 1. The largest absolute Gasteiger partial charge is 0.494 e. The van der Waals surface area contributed by atoms with Crippen molar-refractivity contribution in [2.45, 2.75) is 20.8 Å². The molecule has 0 saturated heterocycles. The molecular weight excluding hydrogens is 398 g/mol. The Labute approximate surface area is 182 Å². The maximum absolute atomic E-state index is 12.5. The predicted octanol–water partition coefficient (Wildman–Crippen LogP) is 4.09. The van der Waals surface area contributed by atoms with Crippen molar-refractivity contribution in [2.75, 3.05) is 25.0 Å². The predicted molar refractivity (Wildman–Crippen MR) is 125 cm³/mol. The van der Waals surface area contributed by atoms with Gasteiger partial charge in [-0.05, 0) is 75.0 Å². The highest BCUT2D eigenvalue weighted by Gasteiger charge is 2.13. The third-order valence-electron chi connectivity index (χ3n) is 4.27. The lowest BCUT2D eigenvalue weighted by molar-refractivity contribution is -0.115. The summed E-state index contributed by atoms with van der Waals surface area (Å²) in [5.41, 5.74) is 2.07. The fourth-order valence-electron chi connectivity index (χ4n) is 2.75. The molecule has 0 aliphatic rings. The highest BCUT2D eigenvalue weighted by Crippen LogP contribution is 2.14. The van der Waals surface area contributed by atoms with E-state index in [1.165, 1.54) is 6.08 Å². The van der Waals surface area contributed by atoms with Crippen molar-refractivity contribution >= 4 is 40.9 Å². The summed E-state index contributed by atoms with van der Waals surface area (Å²) in [6.45, 7) is 7.69. The molecule has 6 nitrogen and oxygen atoms in total. The Kier molecular flexibility index (Phi) is 9.03. The van der Waals surface area contributed by atoms with E-state index in [2.05, 4.69) is 10.6 Å². The number of nitrogens with zero attached hydrogens (tertiary/aromatic N) is 1. The van der Waals surface area contributed by atoms with Gasteiger partial charge in [-0.2, -0.15) is 0 Å². The molecule has 2 rings (SSSR count). The Bertz CT molecular complexity index is 906. The molecule has 0 heterocycles. The third kappa shape index (κ3) is 7.00. The first kappa shape index (κ1) is 23.1. The summed E-state index contributed by atoms with van der Waals surface area (Å²) in [7, 11) is 0. The molecule has 0 radical (unpaired) electrons. The Morgan fingerprint density at radius 1 is 1.07 bits per heavy atom. The zero-order chi connectivity index (χ0) is 21.9. The van der Waals surface area contributed by atoms with Crippen LogP contribution in [0, 0.1) is 0 Å². The van der Waals surface area contributed by atoms with Crippen LogP contribution in [0.5, 0.6) is 5.75 Å². The molecule has 0 unspecified atom stereocenters. The summed E-state index contributed by atoms with van der Waals surface area (Å²) >= 11 is 5.21. The molecule has 2 amide bonds. The topological polar surface area (TPSA) is 70.7 Å². The standard InChI is InChI=1S/C23H27N3O3S/c1-4-26(5-2)22(28)18-8-7-9-19(16-18)24-23(30)25-21(27)15-12-17-10-13-20(14-11-17)29-6-3/h7-16H,4-6H2,1-3H3,(H2,24,25,27,30)/b15-12+. The van der Waals surface area contributed by atoms with Crippen LogP contribution in [0.4, 0.5) is 5.69 Å². The van der Waals surface area contributed by atoms with Crippen LogP contribution in [0.15, 0.2) is 54.6 Å². The second kappa shape index (κ2) is 11.7. The van der Waals surface area contributed by atoms with E-state index >= 15 is 0 Å². The molecule has 158 valence electrons. The van der Waals surface area contributed by atoms with Gasteiger partial charge in [-0.3, -0.25) is 14.9 Å². The van der Waals surface area contributed by atoms with Crippen molar-refractivity contribution in [1.29, 1.82) is 0 Å². The number of amides is 2. The maximum atomic E-state index is 12.5. The lowest BCUT2D eigenvalue weighted by Gasteiger charge is -2.19. The molecule has 0 saturated carbocycles. The lowest BCUT2D eigenvalue weighted by atomic mass is 10.1. The average molecular weight is 426 g/mol. The van der Waals surface area contributed by atoms with Crippen molar-refractivity contribution in [3.63, 3.8) is 0 Å². The minimum Gasteiger partial charge on any atom is -0.494 e. The number of anilines is 1. The van der Waals surface area contributed by atoms with E-state index in [0.717, 1.165) is 11.3 Å². The number of hydrogen-bond acceptors (Lipinski definition) is 4. The van der Waals surface area contributed by atoms with Gasteiger partial charge < -0.3 is 15.0 Å². The molecular formula is C23H27N3O3S. The Morgan fingerprint density at radius 2 is 1.77 bits per heavy atom. The van der Waals surface area contributed by atoms with Crippen molar-refractivity contribution in [3.8, 4) is 5.75 Å². The monoisotopic (exact) mass is 425 g/mol. The van der Waals surface area contributed by atoms with Crippen LogP contribution >= 0.6 is 12.2 Å². The van der Waals surface area contributed by atoms with Crippen LogP contribution in [0.25, 0.3) is 6.08 Å². The number of carbonyl (C=O) groups excluding carboxylic acids is 2. The van der Waals surface area contributed by atoms with Gasteiger partial charge in [-0.25, -0.2) is 0 Å². The van der Waals surface area contributed by atoms with E-state index in [1.807, 2.05) is 45.0 Å². The number of benzene rings is 2. The van der Waals surface area contributed by atoms with E-state index in [0.29, 0.717) is 30.9 Å². The molecule has 2 N–H and O–H groups in total. The molecule has 0 atom stereocenters. The zero-order valence-corrected chi connectivity index (χ0v) is 18.3. The van der Waals surface area contributed by atoms with Crippen molar-refractivity contribution in [3.05, 3.63) is 65.7 Å². The molecule has 7 heteroatoms. The van der Waals surface area contributed by atoms with Crippen LogP contribution in [0.3, 0.4) is 0 Å². The number of rotatable bonds is 8. The second-order valence-corrected chi connectivity index (χ2v) is 6.75. The van der Waals surface area contributed by atoms with Crippen LogP contribution < -0.4 is 15.4 Å². The van der Waals surface area contributed by atoms with Crippen molar-refractivity contribution in [2.24, 2.45) is 0 Å². The highest BCUT2D eigenvalue weighted by atomic mass is 32.1. The van der Waals surface area contributed by atoms with Gasteiger partial charge in [0.05, 0.1) is 6.61 Å². The van der Waals surface area contributed by atoms with Gasteiger partial charge in [0.1, 0.15) is 5.75 Å². The minimum absolute atomic E-state index is 0.0445. The van der Waals surface area contributed by atoms with Crippen LogP contribution in [0.2, 0.25) is 0 Å². The maximum Gasteiger partial charge on any atom is 0.253 e. The normalized spacial score (nSPS) is 10.5. The summed E-state index contributed by atoms with van der Waals surface area (Å²) in [6, 6.07) is 14.5. The Morgan fingerprint density at radius 3 is 2.40 bits per heavy atom. The van der Waals surface area contributed by atoms with Crippen molar-refractivity contribution in [1.82, 2.24) is 10.2 Å². The summed E-state index contributed by atoms with van der Waals surface area (Å²) < 4.78 is 5.39. The van der Waals surface area contributed by atoms with E-state index < -0.39 is 0 Å². The summed E-state index contributed by atoms with van der Waals surface area (Å²) in [5, 5.41) is 5.70. The minimum atomic E-state index is -0.350. The highest BCUT2D eigenvalue weighted by molar-refractivity contribution is 7.80. The Hall–Kier alpha value is -3.19. The molecule has 0 spiro atoms. The van der Waals surface area contributed by atoms with E-state index in [9.17, 15) is 9.59 Å². The molecule has 0 aliphatic heterocycles. The zero-order valence-electron chi connectivity index (χ0n) is 17.5. The summed E-state index contributed by atoms with van der Waals surface area (Å²) in [4.78, 5) is 26.3. The number of hydrogen-bond donors (Lipinski definition) is 2. The molecule has 0 fully saturated rings. The molecule has 0 bridgehead atoms. The van der Waals surface area contributed by atoms with Gasteiger partial charge in [-0.15, -0.1) is 0 Å². The first-order valence-corrected chi connectivity index (χ1v) is 10.3. The van der Waals surface area contributed by atoms with Gasteiger partial charge in [0.2, 0.25) is 5.91 Å². The van der Waals surface area contributed by atoms with Gasteiger partial charge in [0.25, 0.3) is 5.91 Å². The van der Waals surface area contributed by atoms with Gasteiger partial charge in [-0.1, -0.05) is 18.2 Å². The third-order valence-corrected chi connectivity index (χ3v) is 4.48. The molecule has 2 aromatic rings. The quantitative estimate of drug-likeness (QED) is 0.492. The summed E-state index contributed by atoms with van der Waals surface area (Å²) in [6.07, 6.45) is 3.10. The molecule has 0 aromatic heterocycles. The van der Waals surface area contributed by atoms with Gasteiger partial charge in [0.15, 0.2) is 5.11 Å². The number of thiocarbonyl (C=S) groups is 1. The van der Waals surface area contributed by atoms with Gasteiger partial charge in [0, 0.05) is 30.4 Å². The lowest BCUT2D eigenvalue weighted by Crippen LogP contribution is -2.33. The van der Waals surface area contributed by atoms with E-state index in [1.54, 1.807) is 35.2 Å². The SMILES string of the molecule is CCOc1ccc(/C=C/C(=O)NC(=S)Nc2cccc(C(=O)N(CC)CC)c2)cc1. The van der Waals surface area contributed by atoms with Gasteiger partial charge >= 0.3 is 0 Å². The average Bonchev–Trinajstić information content (AvgIpc) is 2.74. The van der Waals surface area contributed by atoms with Crippen LogP contribution in [-0.4, -0.2) is 41.5 Å². The Balaban J connectivity index is 1.92. The summed E-state index contributed by atoms with van der Waals surface area (Å²) in [5.74, 6) is 0.389. The van der Waals surface area contributed by atoms with Crippen molar-refractivity contribution < 1.29 is 14.3 Å². The molecule has 30 heavy (non-hydrogen) atoms. The molecule has 2 aromatic carbocycles. The van der Waals surface area contributed by atoms with E-state index in [4.69, 9.17) is 17.0 Å². The smallest absolute Gasteiger partial charge is 0.253 e. The first-order chi connectivity index (χ1) is 14.5. The first-order valence-electron chi connectivity index (χ1n) is 9.89. The van der Waals surface area contributed by atoms with Crippen LogP contribution in [-0.2, 0) is 4.79 Å². The second-order valence-electron chi connectivity index (χ2n) is 6.34. The number of carbonyl (C=O) groups is 2. The van der Waals surface area contributed by atoms with Crippen LogP contribution in [0.1, 0.15) is 36.7 Å². The fraction of sp³-hybridized carbons (Fsp3) is 0.261.